The minimum absolute atomic E-state index is 0.0399. The van der Waals surface area contributed by atoms with E-state index in [-0.39, 0.29) is 17.9 Å². The van der Waals surface area contributed by atoms with E-state index in [0.717, 1.165) is 31.2 Å². The molecular formula is C16H19NO3. The summed E-state index contributed by atoms with van der Waals surface area (Å²) in [6.07, 6.45) is 3.81. The molecule has 20 heavy (non-hydrogen) atoms. The van der Waals surface area contributed by atoms with Gasteiger partial charge in [0.2, 0.25) is 5.91 Å². The zero-order chi connectivity index (χ0) is 13.9. The Morgan fingerprint density at radius 1 is 1.10 bits per heavy atom. The normalized spacial score (nSPS) is 26.1. The largest absolute Gasteiger partial charge is 0.445 e. The second-order valence-corrected chi connectivity index (χ2v) is 5.54. The van der Waals surface area contributed by atoms with Gasteiger partial charge in [0, 0.05) is 6.54 Å². The van der Waals surface area contributed by atoms with Crippen LogP contribution in [0.3, 0.4) is 0 Å². The number of carbonyl (C=O) groups excluding carboxylic acids is 2. The Bertz CT molecular complexity index is 500. The molecule has 2 aliphatic rings. The van der Waals surface area contributed by atoms with Crippen LogP contribution in [-0.2, 0) is 16.0 Å². The smallest absolute Gasteiger partial charge is 0.416 e. The zero-order valence-corrected chi connectivity index (χ0v) is 11.5. The number of amides is 2. The van der Waals surface area contributed by atoms with Crippen molar-refractivity contribution in [3.05, 3.63) is 35.9 Å². The number of fused-ring (bicyclic) bond motifs is 1. The van der Waals surface area contributed by atoms with E-state index in [4.69, 9.17) is 4.74 Å². The van der Waals surface area contributed by atoms with Gasteiger partial charge in [0.05, 0.1) is 5.92 Å². The summed E-state index contributed by atoms with van der Waals surface area (Å²) in [6, 6.07) is 9.88. The highest BCUT2D eigenvalue weighted by atomic mass is 16.6. The van der Waals surface area contributed by atoms with Gasteiger partial charge in [-0.05, 0) is 31.2 Å². The third kappa shape index (κ3) is 2.55. The van der Waals surface area contributed by atoms with E-state index >= 15 is 0 Å². The summed E-state index contributed by atoms with van der Waals surface area (Å²) in [7, 11) is 0. The number of imide groups is 1. The van der Waals surface area contributed by atoms with Gasteiger partial charge < -0.3 is 4.74 Å². The van der Waals surface area contributed by atoms with Crippen molar-refractivity contribution in [2.24, 2.45) is 5.92 Å². The summed E-state index contributed by atoms with van der Waals surface area (Å²) < 4.78 is 5.43. The van der Waals surface area contributed by atoms with Crippen LogP contribution in [0.5, 0.6) is 0 Å². The fraction of sp³-hybridized carbons (Fsp3) is 0.500. The molecule has 0 unspecified atom stereocenters. The van der Waals surface area contributed by atoms with Crippen molar-refractivity contribution >= 4 is 12.0 Å². The van der Waals surface area contributed by atoms with Crippen molar-refractivity contribution in [2.75, 3.05) is 6.54 Å². The van der Waals surface area contributed by atoms with Crippen LogP contribution in [0.15, 0.2) is 30.3 Å². The van der Waals surface area contributed by atoms with Crippen LogP contribution in [-0.4, -0.2) is 29.5 Å². The van der Waals surface area contributed by atoms with E-state index in [1.165, 1.54) is 4.90 Å². The fourth-order valence-electron chi connectivity index (χ4n) is 3.09. The molecule has 1 heterocycles. The van der Waals surface area contributed by atoms with Crippen LogP contribution in [0, 0.1) is 5.92 Å². The highest BCUT2D eigenvalue weighted by Crippen LogP contribution is 2.32. The molecule has 4 heteroatoms. The molecule has 0 radical (unpaired) electrons. The van der Waals surface area contributed by atoms with E-state index in [1.807, 2.05) is 30.3 Å². The molecule has 1 saturated heterocycles. The summed E-state index contributed by atoms with van der Waals surface area (Å²) >= 11 is 0. The van der Waals surface area contributed by atoms with E-state index in [2.05, 4.69) is 0 Å². The average Bonchev–Trinajstić information content (AvgIpc) is 2.48. The summed E-state index contributed by atoms with van der Waals surface area (Å²) in [4.78, 5) is 25.7. The van der Waals surface area contributed by atoms with Crippen LogP contribution >= 0.6 is 0 Å². The van der Waals surface area contributed by atoms with E-state index in [0.29, 0.717) is 13.0 Å². The maximum atomic E-state index is 12.4. The first kappa shape index (κ1) is 13.2. The molecule has 1 aliphatic heterocycles. The van der Waals surface area contributed by atoms with Crippen molar-refractivity contribution in [1.29, 1.82) is 0 Å². The maximum Gasteiger partial charge on any atom is 0.416 e. The topological polar surface area (TPSA) is 46.6 Å². The number of hydrogen-bond donors (Lipinski definition) is 0. The molecule has 1 aromatic carbocycles. The number of hydrogen-bond acceptors (Lipinski definition) is 3. The van der Waals surface area contributed by atoms with Gasteiger partial charge in [-0.25, -0.2) is 9.69 Å². The zero-order valence-electron chi connectivity index (χ0n) is 11.5. The molecule has 1 aromatic rings. The third-order valence-electron chi connectivity index (χ3n) is 4.23. The lowest BCUT2D eigenvalue weighted by Crippen LogP contribution is -2.53. The SMILES string of the molecule is O=C1O[C@H]2CCCC[C@H]2C(=O)N1CCc1ccccc1. The fourth-order valence-corrected chi connectivity index (χ4v) is 3.09. The monoisotopic (exact) mass is 273 g/mol. The van der Waals surface area contributed by atoms with E-state index in [1.54, 1.807) is 0 Å². The van der Waals surface area contributed by atoms with Gasteiger partial charge in [-0.3, -0.25) is 4.79 Å². The van der Waals surface area contributed by atoms with Crippen molar-refractivity contribution in [3.8, 4) is 0 Å². The van der Waals surface area contributed by atoms with Crippen LogP contribution in [0.1, 0.15) is 31.2 Å². The molecule has 2 amide bonds. The maximum absolute atomic E-state index is 12.4. The summed E-state index contributed by atoms with van der Waals surface area (Å²) in [5.41, 5.74) is 1.12. The molecule has 2 atom stereocenters. The lowest BCUT2D eigenvalue weighted by molar-refractivity contribution is -0.147. The second-order valence-electron chi connectivity index (χ2n) is 5.54. The molecule has 0 spiro atoms. The Morgan fingerprint density at radius 3 is 2.65 bits per heavy atom. The van der Waals surface area contributed by atoms with Crippen LogP contribution in [0.2, 0.25) is 0 Å². The van der Waals surface area contributed by atoms with Crippen LogP contribution in [0.25, 0.3) is 0 Å². The first-order chi connectivity index (χ1) is 9.75. The predicted octanol–water partition coefficient (Wildman–Crippen LogP) is 2.77. The van der Waals surface area contributed by atoms with Crippen molar-refractivity contribution in [2.45, 2.75) is 38.2 Å². The molecule has 3 rings (SSSR count). The molecule has 2 fully saturated rings. The Morgan fingerprint density at radius 2 is 1.85 bits per heavy atom. The predicted molar refractivity (Wildman–Crippen MR) is 74.1 cm³/mol. The summed E-state index contributed by atoms with van der Waals surface area (Å²) in [5, 5.41) is 0. The molecule has 1 saturated carbocycles. The quantitative estimate of drug-likeness (QED) is 0.850. The lowest BCUT2D eigenvalue weighted by atomic mass is 9.84. The molecule has 106 valence electrons. The Hall–Kier alpha value is -1.84. The van der Waals surface area contributed by atoms with Gasteiger partial charge in [-0.1, -0.05) is 36.8 Å². The number of ether oxygens (including phenoxy) is 1. The minimum atomic E-state index is -0.464. The Balaban J connectivity index is 1.66. The number of rotatable bonds is 3. The first-order valence-electron chi connectivity index (χ1n) is 7.31. The minimum Gasteiger partial charge on any atom is -0.445 e. The summed E-state index contributed by atoms with van der Waals surface area (Å²) in [5.74, 6) is -0.154. The van der Waals surface area contributed by atoms with Gasteiger partial charge in [-0.2, -0.15) is 0 Å². The van der Waals surface area contributed by atoms with Gasteiger partial charge >= 0.3 is 6.09 Å². The standard InChI is InChI=1S/C16H19NO3/c18-15-13-8-4-5-9-14(13)20-16(19)17(15)11-10-12-6-2-1-3-7-12/h1-3,6-7,13-14H,4-5,8-11H2/t13-,14+/m1/s1. The van der Waals surface area contributed by atoms with Crippen molar-refractivity contribution in [1.82, 2.24) is 4.90 Å². The number of nitrogens with zero attached hydrogens (tertiary/aromatic N) is 1. The first-order valence-corrected chi connectivity index (χ1v) is 7.31. The molecule has 0 bridgehead atoms. The Kier molecular flexibility index (Phi) is 3.72. The second kappa shape index (κ2) is 5.65. The van der Waals surface area contributed by atoms with E-state index in [9.17, 15) is 9.59 Å². The van der Waals surface area contributed by atoms with Gasteiger partial charge in [-0.15, -0.1) is 0 Å². The van der Waals surface area contributed by atoms with Gasteiger partial charge in [0.1, 0.15) is 6.10 Å². The average molecular weight is 273 g/mol. The van der Waals surface area contributed by atoms with E-state index < -0.39 is 6.09 Å². The molecule has 4 nitrogen and oxygen atoms in total. The summed E-state index contributed by atoms with van der Waals surface area (Å²) in [6.45, 7) is 0.408. The highest BCUT2D eigenvalue weighted by Gasteiger charge is 2.43. The van der Waals surface area contributed by atoms with Crippen molar-refractivity contribution < 1.29 is 14.3 Å². The Labute approximate surface area is 118 Å². The molecule has 0 aromatic heterocycles. The molecule has 0 N–H and O–H groups in total. The highest BCUT2D eigenvalue weighted by molar-refractivity contribution is 5.95. The lowest BCUT2D eigenvalue weighted by Gasteiger charge is -2.38. The molecular weight excluding hydrogens is 254 g/mol. The third-order valence-corrected chi connectivity index (χ3v) is 4.23. The van der Waals surface area contributed by atoms with Crippen LogP contribution in [0.4, 0.5) is 4.79 Å². The number of benzene rings is 1. The van der Waals surface area contributed by atoms with Gasteiger partial charge in [0.15, 0.2) is 0 Å². The van der Waals surface area contributed by atoms with Crippen LogP contribution < -0.4 is 0 Å². The van der Waals surface area contributed by atoms with Crippen molar-refractivity contribution in [3.63, 3.8) is 0 Å². The molecule has 1 aliphatic carbocycles. The van der Waals surface area contributed by atoms with Gasteiger partial charge in [0.25, 0.3) is 0 Å². The number of carbonyl (C=O) groups is 2.